The third-order valence-electron chi connectivity index (χ3n) is 3.52. The summed E-state index contributed by atoms with van der Waals surface area (Å²) >= 11 is 3.38. The Kier molecular flexibility index (Phi) is 2.82. The number of hydrogen-bond donors (Lipinski definition) is 2. The number of fused-ring (bicyclic) bond motifs is 1. The molecule has 2 N–H and O–H groups in total. The molecule has 0 radical (unpaired) electrons. The zero-order chi connectivity index (χ0) is 12.7. The summed E-state index contributed by atoms with van der Waals surface area (Å²) in [5.74, 6) is 0.369. The van der Waals surface area contributed by atoms with Crippen LogP contribution < -0.4 is 0 Å². The maximum atomic E-state index is 10.3. The number of nitrogens with zero attached hydrogens (tertiary/aromatic N) is 1. The van der Waals surface area contributed by atoms with Gasteiger partial charge in [-0.1, -0.05) is 15.9 Å². The van der Waals surface area contributed by atoms with Gasteiger partial charge in [0.2, 0.25) is 11.8 Å². The van der Waals surface area contributed by atoms with Crippen molar-refractivity contribution >= 4 is 15.9 Å². The van der Waals surface area contributed by atoms with E-state index in [-0.39, 0.29) is 11.8 Å². The van der Waals surface area contributed by atoms with Gasteiger partial charge in [0, 0.05) is 15.6 Å². The fourth-order valence-corrected chi connectivity index (χ4v) is 2.87. The van der Waals surface area contributed by atoms with Gasteiger partial charge in [-0.15, -0.1) is 0 Å². The highest BCUT2D eigenvalue weighted by Gasteiger charge is 2.24. The summed E-state index contributed by atoms with van der Waals surface area (Å²) in [4.78, 5) is 0. The number of rotatable bonds is 1. The van der Waals surface area contributed by atoms with E-state index in [1.54, 1.807) is 0 Å². The van der Waals surface area contributed by atoms with E-state index in [1.807, 2.05) is 24.3 Å². The van der Waals surface area contributed by atoms with E-state index in [4.69, 9.17) is 0 Å². The lowest BCUT2D eigenvalue weighted by Crippen LogP contribution is -1.98. The molecule has 0 saturated heterocycles. The second kappa shape index (κ2) is 4.35. The quantitative estimate of drug-likeness (QED) is 0.846. The second-order valence-electron chi connectivity index (χ2n) is 4.62. The van der Waals surface area contributed by atoms with Crippen LogP contribution in [0.1, 0.15) is 24.0 Å². The highest BCUT2D eigenvalue weighted by atomic mass is 79.9. The fraction of sp³-hybridized carbons (Fsp3) is 0.286. The van der Waals surface area contributed by atoms with Crippen LogP contribution in [0.3, 0.4) is 0 Å². The zero-order valence-electron chi connectivity index (χ0n) is 9.86. The molecule has 4 heteroatoms. The highest BCUT2D eigenvalue weighted by Crippen LogP contribution is 2.40. The first kappa shape index (κ1) is 11.7. The maximum Gasteiger partial charge on any atom is 0.202 e. The molecule has 0 bridgehead atoms. The van der Waals surface area contributed by atoms with Gasteiger partial charge < -0.3 is 10.2 Å². The summed E-state index contributed by atoms with van der Waals surface area (Å²) < 4.78 is 2.50. The molecule has 0 spiro atoms. The standard InChI is InChI=1S/C14H14BrNO2/c15-9-5-7-10(8-6-9)16-13(17)11-3-1-2-4-12(11)14(16)18/h5-8,17-18H,1-4H2. The average molecular weight is 308 g/mol. The predicted octanol–water partition coefficient (Wildman–Crippen LogP) is 3.53. The van der Waals surface area contributed by atoms with Crippen molar-refractivity contribution in [2.75, 3.05) is 0 Å². The van der Waals surface area contributed by atoms with Crippen molar-refractivity contribution in [2.45, 2.75) is 25.7 Å². The van der Waals surface area contributed by atoms with Crippen LogP contribution in [0.15, 0.2) is 28.7 Å². The molecule has 3 rings (SSSR count). The number of benzene rings is 1. The first-order valence-corrected chi connectivity index (χ1v) is 6.88. The molecular formula is C14H14BrNO2. The molecule has 1 heterocycles. The van der Waals surface area contributed by atoms with E-state index in [0.29, 0.717) is 0 Å². The van der Waals surface area contributed by atoms with Crippen molar-refractivity contribution in [3.05, 3.63) is 39.9 Å². The minimum absolute atomic E-state index is 0.185. The van der Waals surface area contributed by atoms with E-state index in [9.17, 15) is 10.2 Å². The number of aromatic hydroxyl groups is 2. The van der Waals surface area contributed by atoms with Crippen molar-refractivity contribution in [3.8, 4) is 17.4 Å². The molecule has 3 nitrogen and oxygen atoms in total. The van der Waals surface area contributed by atoms with Gasteiger partial charge in [0.25, 0.3) is 0 Å². The van der Waals surface area contributed by atoms with Crippen molar-refractivity contribution in [3.63, 3.8) is 0 Å². The van der Waals surface area contributed by atoms with Crippen LogP contribution in [-0.2, 0) is 12.8 Å². The van der Waals surface area contributed by atoms with Gasteiger partial charge in [-0.2, -0.15) is 0 Å². The van der Waals surface area contributed by atoms with E-state index in [0.717, 1.165) is 47.0 Å². The molecule has 1 aliphatic rings. The van der Waals surface area contributed by atoms with E-state index in [1.165, 1.54) is 4.57 Å². The van der Waals surface area contributed by atoms with Crippen LogP contribution in [0.25, 0.3) is 5.69 Å². The number of aromatic nitrogens is 1. The van der Waals surface area contributed by atoms with E-state index >= 15 is 0 Å². The van der Waals surface area contributed by atoms with E-state index < -0.39 is 0 Å². The van der Waals surface area contributed by atoms with Gasteiger partial charge in [-0.3, -0.25) is 4.57 Å². The van der Waals surface area contributed by atoms with Gasteiger partial charge in [0.05, 0.1) is 5.69 Å². The molecule has 94 valence electrons. The van der Waals surface area contributed by atoms with Crippen molar-refractivity contribution in [2.24, 2.45) is 0 Å². The minimum atomic E-state index is 0.185. The van der Waals surface area contributed by atoms with Crippen molar-refractivity contribution < 1.29 is 10.2 Å². The van der Waals surface area contributed by atoms with Gasteiger partial charge in [0.1, 0.15) is 0 Å². The molecule has 0 saturated carbocycles. The van der Waals surface area contributed by atoms with Crippen LogP contribution in [0, 0.1) is 0 Å². The molecule has 0 amide bonds. The molecule has 0 atom stereocenters. The highest BCUT2D eigenvalue weighted by molar-refractivity contribution is 9.10. The lowest BCUT2D eigenvalue weighted by atomic mass is 9.95. The fourth-order valence-electron chi connectivity index (χ4n) is 2.60. The zero-order valence-corrected chi connectivity index (χ0v) is 11.4. The van der Waals surface area contributed by atoms with Gasteiger partial charge >= 0.3 is 0 Å². The number of halogens is 1. The van der Waals surface area contributed by atoms with Crippen molar-refractivity contribution in [1.82, 2.24) is 4.57 Å². The van der Waals surface area contributed by atoms with Gasteiger partial charge in [-0.25, -0.2) is 0 Å². The summed E-state index contributed by atoms with van der Waals surface area (Å²) in [6, 6.07) is 7.53. The lowest BCUT2D eigenvalue weighted by molar-refractivity contribution is 0.399. The van der Waals surface area contributed by atoms with Crippen LogP contribution in [-0.4, -0.2) is 14.8 Å². The minimum Gasteiger partial charge on any atom is -0.494 e. The Morgan fingerprint density at radius 2 is 1.39 bits per heavy atom. The molecular weight excluding hydrogens is 294 g/mol. The van der Waals surface area contributed by atoms with Crippen LogP contribution in [0.4, 0.5) is 0 Å². The van der Waals surface area contributed by atoms with Crippen LogP contribution in [0.2, 0.25) is 0 Å². The molecule has 0 aliphatic heterocycles. The Balaban J connectivity index is 2.17. The topological polar surface area (TPSA) is 45.4 Å². The summed E-state index contributed by atoms with van der Waals surface area (Å²) in [5, 5.41) is 20.5. The Morgan fingerprint density at radius 3 is 1.89 bits per heavy atom. The second-order valence-corrected chi connectivity index (χ2v) is 5.54. The third kappa shape index (κ3) is 1.72. The van der Waals surface area contributed by atoms with Gasteiger partial charge in [0.15, 0.2) is 0 Å². The van der Waals surface area contributed by atoms with Crippen LogP contribution >= 0.6 is 15.9 Å². The Morgan fingerprint density at radius 1 is 0.889 bits per heavy atom. The summed E-state index contributed by atoms with van der Waals surface area (Å²) in [5.41, 5.74) is 2.59. The van der Waals surface area contributed by atoms with E-state index in [2.05, 4.69) is 15.9 Å². The van der Waals surface area contributed by atoms with Gasteiger partial charge in [-0.05, 0) is 49.9 Å². The average Bonchev–Trinajstić information content (AvgIpc) is 2.64. The largest absolute Gasteiger partial charge is 0.494 e. The number of hydrogen-bond acceptors (Lipinski definition) is 2. The summed E-state index contributed by atoms with van der Waals surface area (Å²) in [6.07, 6.45) is 3.84. The maximum absolute atomic E-state index is 10.3. The smallest absolute Gasteiger partial charge is 0.202 e. The molecule has 0 unspecified atom stereocenters. The molecule has 18 heavy (non-hydrogen) atoms. The monoisotopic (exact) mass is 307 g/mol. The molecule has 1 aromatic heterocycles. The predicted molar refractivity (Wildman–Crippen MR) is 73.4 cm³/mol. The Labute approximate surface area is 114 Å². The first-order chi connectivity index (χ1) is 8.68. The molecule has 0 fully saturated rings. The normalized spacial score (nSPS) is 14.5. The molecule has 2 aromatic rings. The third-order valence-corrected chi connectivity index (χ3v) is 4.04. The lowest BCUT2D eigenvalue weighted by Gasteiger charge is -2.09. The molecule has 1 aliphatic carbocycles. The SMILES string of the molecule is Oc1c2c(c(O)n1-c1ccc(Br)cc1)CCCC2. The first-order valence-electron chi connectivity index (χ1n) is 6.09. The Bertz CT molecular complexity index is 557. The summed E-state index contributed by atoms with van der Waals surface area (Å²) in [6.45, 7) is 0. The molecule has 1 aromatic carbocycles. The Hall–Kier alpha value is -1.42. The van der Waals surface area contributed by atoms with Crippen LogP contribution in [0.5, 0.6) is 11.8 Å². The summed E-state index contributed by atoms with van der Waals surface area (Å²) in [7, 11) is 0. The van der Waals surface area contributed by atoms with Crippen molar-refractivity contribution in [1.29, 1.82) is 0 Å².